The van der Waals surface area contributed by atoms with E-state index in [0.29, 0.717) is 6.07 Å². The van der Waals surface area contributed by atoms with Gasteiger partial charge in [0.05, 0.1) is 11.1 Å². The van der Waals surface area contributed by atoms with Crippen molar-refractivity contribution in [3.63, 3.8) is 0 Å². The van der Waals surface area contributed by atoms with Crippen molar-refractivity contribution >= 4 is 5.78 Å². The molecule has 6 heteroatoms. The first kappa shape index (κ1) is 14.2. The second-order valence-corrected chi connectivity index (χ2v) is 4.00. The first-order valence-electron chi connectivity index (χ1n) is 5.46. The monoisotopic (exact) mass is 286 g/mol. The number of benzene rings is 2. The molecule has 0 aliphatic rings. The molecule has 0 spiro atoms. The lowest BCUT2D eigenvalue weighted by Crippen LogP contribution is -2.13. The van der Waals surface area contributed by atoms with E-state index in [4.69, 9.17) is 0 Å². The fraction of sp³-hybridized carbons (Fsp3) is 0.0714. The molecule has 0 unspecified atom stereocenters. The lowest BCUT2D eigenvalue weighted by molar-refractivity contribution is -0.140. The van der Waals surface area contributed by atoms with Crippen molar-refractivity contribution in [2.24, 2.45) is 0 Å². The number of hydrogen-bond donors (Lipinski definition) is 0. The maximum atomic E-state index is 13.8. The lowest BCUT2D eigenvalue weighted by atomic mass is 10.00. The Morgan fingerprint density at radius 1 is 0.950 bits per heavy atom. The highest BCUT2D eigenvalue weighted by Gasteiger charge is 2.35. The normalized spacial score (nSPS) is 11.4. The van der Waals surface area contributed by atoms with Gasteiger partial charge in [-0.15, -0.1) is 0 Å². The van der Waals surface area contributed by atoms with Crippen molar-refractivity contribution in [3.05, 3.63) is 70.8 Å². The minimum Gasteiger partial charge on any atom is -0.288 e. The first-order valence-corrected chi connectivity index (χ1v) is 5.46. The third-order valence-corrected chi connectivity index (χ3v) is 2.64. The molecule has 0 atom stereocenters. The maximum absolute atomic E-state index is 13.8. The van der Waals surface area contributed by atoms with Gasteiger partial charge in [-0.3, -0.25) is 4.79 Å². The largest absolute Gasteiger partial charge is 0.419 e. The molecule has 0 aromatic heterocycles. The average molecular weight is 286 g/mol. The van der Waals surface area contributed by atoms with Crippen molar-refractivity contribution in [1.82, 2.24) is 0 Å². The molecule has 2 rings (SSSR count). The van der Waals surface area contributed by atoms with Gasteiger partial charge < -0.3 is 0 Å². The third-order valence-electron chi connectivity index (χ3n) is 2.64. The molecule has 0 amide bonds. The van der Waals surface area contributed by atoms with Gasteiger partial charge in [-0.2, -0.15) is 13.2 Å². The number of carbonyl (C=O) groups is 1. The second kappa shape index (κ2) is 5.03. The summed E-state index contributed by atoms with van der Waals surface area (Å²) in [5.74, 6) is -3.40. The van der Waals surface area contributed by atoms with Crippen molar-refractivity contribution in [1.29, 1.82) is 0 Å². The van der Waals surface area contributed by atoms with E-state index in [2.05, 4.69) is 0 Å². The topological polar surface area (TPSA) is 17.1 Å². The molecule has 104 valence electrons. The minimum atomic E-state index is -4.90. The zero-order valence-corrected chi connectivity index (χ0v) is 9.84. The molecule has 0 fully saturated rings. The molecule has 0 aliphatic heterocycles. The number of hydrogen-bond acceptors (Lipinski definition) is 1. The van der Waals surface area contributed by atoms with E-state index in [-0.39, 0.29) is 5.56 Å². The Balaban J connectivity index is 2.51. The molecule has 0 heterocycles. The van der Waals surface area contributed by atoms with Gasteiger partial charge in [-0.05, 0) is 24.3 Å². The predicted octanol–water partition coefficient (Wildman–Crippen LogP) is 4.21. The van der Waals surface area contributed by atoms with Gasteiger partial charge in [0.25, 0.3) is 0 Å². The van der Waals surface area contributed by atoms with Crippen LogP contribution in [0.4, 0.5) is 22.0 Å². The van der Waals surface area contributed by atoms with Gasteiger partial charge >= 0.3 is 6.18 Å². The molecule has 0 aliphatic carbocycles. The van der Waals surface area contributed by atoms with Gasteiger partial charge in [-0.1, -0.05) is 18.2 Å². The van der Waals surface area contributed by atoms with Crippen molar-refractivity contribution in [2.75, 3.05) is 0 Å². The first-order chi connectivity index (χ1) is 9.30. The quantitative estimate of drug-likeness (QED) is 0.597. The Hall–Kier alpha value is -2.24. The van der Waals surface area contributed by atoms with Gasteiger partial charge in [0.2, 0.25) is 0 Å². The molecule has 0 bridgehead atoms. The molecular weight excluding hydrogens is 279 g/mol. The van der Waals surface area contributed by atoms with Crippen LogP contribution in [0.15, 0.2) is 42.5 Å². The van der Waals surface area contributed by atoms with Crippen molar-refractivity contribution in [3.8, 4) is 0 Å². The number of rotatable bonds is 2. The zero-order chi connectivity index (χ0) is 14.9. The van der Waals surface area contributed by atoms with Gasteiger partial charge in [0.15, 0.2) is 5.78 Å². The summed E-state index contributed by atoms with van der Waals surface area (Å²) < 4.78 is 64.4. The van der Waals surface area contributed by atoms with E-state index in [1.54, 1.807) is 0 Å². The molecule has 2 aromatic rings. The molecule has 20 heavy (non-hydrogen) atoms. The van der Waals surface area contributed by atoms with E-state index >= 15 is 0 Å². The fourth-order valence-electron chi connectivity index (χ4n) is 1.71. The summed E-state index contributed by atoms with van der Waals surface area (Å²) in [5, 5.41) is 0. The number of halogens is 5. The van der Waals surface area contributed by atoms with Crippen LogP contribution in [0.2, 0.25) is 0 Å². The Morgan fingerprint density at radius 3 is 2.20 bits per heavy atom. The van der Waals surface area contributed by atoms with Gasteiger partial charge in [0.1, 0.15) is 11.6 Å². The highest BCUT2D eigenvalue weighted by molar-refractivity contribution is 6.09. The fourth-order valence-corrected chi connectivity index (χ4v) is 1.71. The molecule has 2 aromatic carbocycles. The summed E-state index contributed by atoms with van der Waals surface area (Å²) in [6.07, 6.45) is -4.90. The summed E-state index contributed by atoms with van der Waals surface area (Å²) in [6, 6.07) is 6.72. The van der Waals surface area contributed by atoms with Crippen LogP contribution in [0.3, 0.4) is 0 Å². The summed E-state index contributed by atoms with van der Waals surface area (Å²) in [4.78, 5) is 11.9. The average Bonchev–Trinajstić information content (AvgIpc) is 2.37. The summed E-state index contributed by atoms with van der Waals surface area (Å²) in [7, 11) is 0. The van der Waals surface area contributed by atoms with Crippen molar-refractivity contribution < 1.29 is 26.7 Å². The second-order valence-electron chi connectivity index (χ2n) is 4.00. The van der Waals surface area contributed by atoms with Crippen LogP contribution < -0.4 is 0 Å². The highest BCUT2D eigenvalue weighted by Crippen LogP contribution is 2.32. The van der Waals surface area contributed by atoms with E-state index in [0.717, 1.165) is 24.3 Å². The smallest absolute Gasteiger partial charge is 0.288 e. The lowest BCUT2D eigenvalue weighted by Gasteiger charge is -2.10. The zero-order valence-electron chi connectivity index (χ0n) is 9.84. The molecule has 0 saturated carbocycles. The van der Waals surface area contributed by atoms with E-state index in [9.17, 15) is 26.7 Å². The van der Waals surface area contributed by atoms with E-state index < -0.39 is 34.7 Å². The Kier molecular flexibility index (Phi) is 3.57. The SMILES string of the molecule is O=C(c1cccc(F)c1)c1cccc(C(F)(F)F)c1F. The number of ketones is 1. The van der Waals surface area contributed by atoms with Crippen LogP contribution in [-0.2, 0) is 6.18 Å². The summed E-state index contributed by atoms with van der Waals surface area (Å²) in [6.45, 7) is 0. The molecule has 1 nitrogen and oxygen atoms in total. The third kappa shape index (κ3) is 2.68. The van der Waals surface area contributed by atoms with Gasteiger partial charge in [0, 0.05) is 5.56 Å². The number of alkyl halides is 3. The van der Waals surface area contributed by atoms with Crippen LogP contribution >= 0.6 is 0 Å². The standard InChI is InChI=1S/C14H7F5O/c15-9-4-1-3-8(7-9)13(20)10-5-2-6-11(12(10)16)14(17,18)19/h1-7H. The van der Waals surface area contributed by atoms with E-state index in [1.165, 1.54) is 12.1 Å². The Labute approximate surface area is 110 Å². The van der Waals surface area contributed by atoms with Crippen LogP contribution in [-0.4, -0.2) is 5.78 Å². The van der Waals surface area contributed by atoms with Gasteiger partial charge in [-0.25, -0.2) is 8.78 Å². The number of carbonyl (C=O) groups excluding carboxylic acids is 1. The van der Waals surface area contributed by atoms with Crippen LogP contribution in [0.1, 0.15) is 21.5 Å². The predicted molar refractivity (Wildman–Crippen MR) is 61.2 cm³/mol. The van der Waals surface area contributed by atoms with E-state index in [1.807, 2.05) is 0 Å². The van der Waals surface area contributed by atoms with Crippen LogP contribution in [0.5, 0.6) is 0 Å². The van der Waals surface area contributed by atoms with Crippen LogP contribution in [0.25, 0.3) is 0 Å². The highest BCUT2D eigenvalue weighted by atomic mass is 19.4. The maximum Gasteiger partial charge on any atom is 0.419 e. The minimum absolute atomic E-state index is 0.219. The Morgan fingerprint density at radius 2 is 1.60 bits per heavy atom. The van der Waals surface area contributed by atoms with Crippen molar-refractivity contribution in [2.45, 2.75) is 6.18 Å². The molecular formula is C14H7F5O. The summed E-state index contributed by atoms with van der Waals surface area (Å²) >= 11 is 0. The molecule has 0 radical (unpaired) electrons. The molecule has 0 saturated heterocycles. The summed E-state index contributed by atoms with van der Waals surface area (Å²) in [5.41, 5.74) is -2.49. The molecule has 0 N–H and O–H groups in total. The van der Waals surface area contributed by atoms with Crippen LogP contribution in [0, 0.1) is 11.6 Å². The Bertz CT molecular complexity index is 661.